The van der Waals surface area contributed by atoms with Gasteiger partial charge in [-0.1, -0.05) is 30.3 Å². The van der Waals surface area contributed by atoms with Crippen LogP contribution in [0.1, 0.15) is 57.5 Å². The van der Waals surface area contributed by atoms with Crippen molar-refractivity contribution in [2.45, 2.75) is 25.7 Å². The van der Waals surface area contributed by atoms with Crippen LogP contribution in [0.25, 0.3) is 0 Å². The zero-order chi connectivity index (χ0) is 25.1. The summed E-state index contributed by atoms with van der Waals surface area (Å²) in [4.78, 5) is 34.4. The van der Waals surface area contributed by atoms with Crippen LogP contribution in [0.3, 0.4) is 0 Å². The molecule has 4 rings (SSSR count). The number of hydrogen-bond donors (Lipinski definition) is 2. The SMILES string of the molecule is Cc1cc([C@@H](c2ccccc2C#N)[C@@H](C)c2nc(C(=O)Nc3cnoc3)c(O)c(=O)n2C)ccn1. The molecule has 0 unspecified atom stereocenters. The van der Waals surface area contributed by atoms with E-state index in [1.54, 1.807) is 18.3 Å². The Balaban J connectivity index is 1.87. The first kappa shape index (κ1) is 23.4. The van der Waals surface area contributed by atoms with Gasteiger partial charge in [0, 0.05) is 30.8 Å². The number of amides is 1. The molecule has 0 aliphatic heterocycles. The first-order valence-electron chi connectivity index (χ1n) is 10.7. The highest BCUT2D eigenvalue weighted by Crippen LogP contribution is 2.39. The van der Waals surface area contributed by atoms with Crippen LogP contribution in [0, 0.1) is 18.3 Å². The number of nitriles is 1. The van der Waals surface area contributed by atoms with E-state index < -0.39 is 34.7 Å². The van der Waals surface area contributed by atoms with Crippen molar-refractivity contribution in [3.8, 4) is 11.8 Å². The molecule has 2 atom stereocenters. The van der Waals surface area contributed by atoms with Gasteiger partial charge in [-0.15, -0.1) is 0 Å². The van der Waals surface area contributed by atoms with Gasteiger partial charge in [0.2, 0.25) is 5.75 Å². The predicted octanol–water partition coefficient (Wildman–Crippen LogP) is 3.24. The second-order valence-corrected chi connectivity index (χ2v) is 8.09. The molecule has 1 amide bonds. The summed E-state index contributed by atoms with van der Waals surface area (Å²) in [6, 6.07) is 13.2. The van der Waals surface area contributed by atoms with Crippen LogP contribution < -0.4 is 10.9 Å². The van der Waals surface area contributed by atoms with E-state index in [-0.39, 0.29) is 11.5 Å². The zero-order valence-corrected chi connectivity index (χ0v) is 19.3. The quantitative estimate of drug-likeness (QED) is 0.436. The van der Waals surface area contributed by atoms with Gasteiger partial charge in [0.15, 0.2) is 5.69 Å². The maximum absolute atomic E-state index is 12.9. The lowest BCUT2D eigenvalue weighted by molar-refractivity contribution is 0.101. The second kappa shape index (κ2) is 9.61. The molecule has 10 heteroatoms. The van der Waals surface area contributed by atoms with Gasteiger partial charge in [-0.3, -0.25) is 19.1 Å². The molecule has 3 heterocycles. The zero-order valence-electron chi connectivity index (χ0n) is 19.3. The maximum Gasteiger partial charge on any atom is 0.296 e. The lowest BCUT2D eigenvalue weighted by Gasteiger charge is -2.27. The van der Waals surface area contributed by atoms with Crippen LogP contribution in [0.2, 0.25) is 0 Å². The summed E-state index contributed by atoms with van der Waals surface area (Å²) >= 11 is 0. The molecule has 0 bridgehead atoms. The van der Waals surface area contributed by atoms with E-state index in [0.717, 1.165) is 16.8 Å². The third-order valence-corrected chi connectivity index (χ3v) is 5.81. The molecular weight excluding hydrogens is 448 g/mol. The number of nitrogens with one attached hydrogen (secondary N) is 1. The number of nitrogens with zero attached hydrogens (tertiary/aromatic N) is 5. The molecule has 0 aliphatic carbocycles. The number of benzene rings is 1. The fourth-order valence-corrected chi connectivity index (χ4v) is 4.15. The molecule has 0 radical (unpaired) electrons. The van der Waals surface area contributed by atoms with Crippen LogP contribution in [0.15, 0.2) is 64.4 Å². The average Bonchev–Trinajstić information content (AvgIpc) is 3.36. The van der Waals surface area contributed by atoms with Gasteiger partial charge >= 0.3 is 0 Å². The highest BCUT2D eigenvalue weighted by molar-refractivity contribution is 6.04. The molecule has 1 aromatic carbocycles. The van der Waals surface area contributed by atoms with Crippen molar-refractivity contribution in [2.75, 3.05) is 5.32 Å². The number of pyridine rings is 1. The number of carbonyl (C=O) groups is 1. The van der Waals surface area contributed by atoms with Crippen LogP contribution >= 0.6 is 0 Å². The largest absolute Gasteiger partial charge is 0.501 e. The first-order valence-corrected chi connectivity index (χ1v) is 10.7. The van der Waals surface area contributed by atoms with Crippen LogP contribution in [0.4, 0.5) is 5.69 Å². The number of hydrogen-bond acceptors (Lipinski definition) is 8. The molecule has 10 nitrogen and oxygen atoms in total. The summed E-state index contributed by atoms with van der Waals surface area (Å²) in [5, 5.41) is 26.2. The second-order valence-electron chi connectivity index (χ2n) is 8.09. The van der Waals surface area contributed by atoms with Gasteiger partial charge < -0.3 is 14.9 Å². The molecule has 35 heavy (non-hydrogen) atoms. The van der Waals surface area contributed by atoms with Gasteiger partial charge in [0.25, 0.3) is 11.5 Å². The summed E-state index contributed by atoms with van der Waals surface area (Å²) in [5.74, 6) is -2.18. The fraction of sp³-hybridized carbons (Fsp3) is 0.200. The normalized spacial score (nSPS) is 12.5. The Bertz CT molecular complexity index is 1490. The molecule has 0 fully saturated rings. The van der Waals surface area contributed by atoms with E-state index in [4.69, 9.17) is 4.52 Å². The van der Waals surface area contributed by atoms with Gasteiger partial charge in [-0.2, -0.15) is 5.26 Å². The number of anilines is 1. The summed E-state index contributed by atoms with van der Waals surface area (Å²) in [6.45, 7) is 3.72. The predicted molar refractivity (Wildman–Crippen MR) is 126 cm³/mol. The molecule has 0 aliphatic rings. The van der Waals surface area contributed by atoms with E-state index >= 15 is 0 Å². The molecule has 0 spiro atoms. The van der Waals surface area contributed by atoms with Crippen LogP contribution in [-0.4, -0.2) is 30.7 Å². The van der Waals surface area contributed by atoms with E-state index in [1.165, 1.54) is 24.1 Å². The summed E-state index contributed by atoms with van der Waals surface area (Å²) in [5.41, 5.74) is 1.93. The fourth-order valence-electron chi connectivity index (χ4n) is 4.15. The lowest BCUT2D eigenvalue weighted by Crippen LogP contribution is -2.29. The third kappa shape index (κ3) is 4.52. The minimum Gasteiger partial charge on any atom is -0.501 e. The van der Waals surface area contributed by atoms with Gasteiger partial charge in [0.05, 0.1) is 17.8 Å². The number of rotatable bonds is 6. The van der Waals surface area contributed by atoms with Gasteiger partial charge in [-0.05, 0) is 36.2 Å². The van der Waals surface area contributed by atoms with Gasteiger partial charge in [-0.25, -0.2) is 4.98 Å². The Morgan fingerprint density at radius 3 is 2.74 bits per heavy atom. The van der Waals surface area contributed by atoms with Crippen molar-refractivity contribution >= 4 is 11.6 Å². The Morgan fingerprint density at radius 1 is 1.29 bits per heavy atom. The molecular formula is C25H22N6O4. The Morgan fingerprint density at radius 2 is 2.06 bits per heavy atom. The van der Waals surface area contributed by atoms with Crippen LogP contribution in [-0.2, 0) is 7.05 Å². The average molecular weight is 470 g/mol. The Kier molecular flexibility index (Phi) is 6.42. The topological polar surface area (TPSA) is 147 Å². The Labute approximate surface area is 200 Å². The number of aryl methyl sites for hydroxylation is 1. The maximum atomic E-state index is 12.9. The van der Waals surface area contributed by atoms with Gasteiger partial charge in [0.1, 0.15) is 17.8 Å². The lowest BCUT2D eigenvalue weighted by atomic mass is 9.79. The molecule has 3 aromatic heterocycles. The summed E-state index contributed by atoms with van der Waals surface area (Å²) in [6.07, 6.45) is 4.17. The summed E-state index contributed by atoms with van der Waals surface area (Å²) in [7, 11) is 1.48. The first-order chi connectivity index (χ1) is 16.8. The monoisotopic (exact) mass is 470 g/mol. The van der Waals surface area contributed by atoms with Crippen molar-refractivity contribution < 1.29 is 14.4 Å². The van der Waals surface area contributed by atoms with E-state index in [2.05, 4.69) is 26.5 Å². The van der Waals surface area contributed by atoms with Crippen molar-refractivity contribution in [2.24, 2.45) is 7.05 Å². The standard InChI is InChI=1S/C25H22N6O4/c1-14-10-16(8-9-27-14)20(19-7-5-4-6-17(19)11-26)15(2)23-30-21(22(32)25(34)31(23)3)24(33)29-18-12-28-35-13-18/h4-10,12-13,15,20,32H,1-3H3,(H,29,33)/t15-,20+/m1/s1. The smallest absolute Gasteiger partial charge is 0.296 e. The van der Waals surface area contributed by atoms with Crippen LogP contribution in [0.5, 0.6) is 5.75 Å². The highest BCUT2D eigenvalue weighted by atomic mass is 16.5. The van der Waals surface area contributed by atoms with Crippen molar-refractivity contribution in [3.05, 3.63) is 99.3 Å². The minimum absolute atomic E-state index is 0.250. The molecule has 0 saturated heterocycles. The highest BCUT2D eigenvalue weighted by Gasteiger charge is 2.30. The van der Waals surface area contributed by atoms with Crippen molar-refractivity contribution in [1.29, 1.82) is 5.26 Å². The molecule has 0 saturated carbocycles. The minimum atomic E-state index is -0.786. The molecule has 176 valence electrons. The number of aromatic nitrogens is 4. The summed E-state index contributed by atoms with van der Waals surface area (Å²) < 4.78 is 5.92. The van der Waals surface area contributed by atoms with Crippen molar-refractivity contribution in [1.82, 2.24) is 19.7 Å². The number of aromatic hydroxyl groups is 1. The molecule has 4 aromatic rings. The number of carbonyl (C=O) groups excluding carboxylic acids is 1. The Hall–Kier alpha value is -4.78. The van der Waals surface area contributed by atoms with E-state index in [0.29, 0.717) is 5.56 Å². The van der Waals surface area contributed by atoms with E-state index in [9.17, 15) is 20.0 Å². The third-order valence-electron chi connectivity index (χ3n) is 5.81. The van der Waals surface area contributed by atoms with Crippen molar-refractivity contribution in [3.63, 3.8) is 0 Å². The molecule has 2 N–H and O–H groups in total. The van der Waals surface area contributed by atoms with E-state index in [1.807, 2.05) is 38.1 Å².